The van der Waals surface area contributed by atoms with E-state index in [0.717, 1.165) is 44.4 Å². The molecule has 0 aromatic heterocycles. The van der Waals surface area contributed by atoms with Gasteiger partial charge in [-0.25, -0.2) is 0 Å². The first-order valence-electron chi connectivity index (χ1n) is 14.5. The SMILES string of the molecule is C\C(=C/C(=C\C=C(/C)CCc1ccccc1)CCOc1ccc(CCN)cc1)CCCN(C(C)C)C(C)C. The fourth-order valence-electron chi connectivity index (χ4n) is 4.77. The summed E-state index contributed by atoms with van der Waals surface area (Å²) in [6.07, 6.45) is 13.2. The number of nitrogens with zero attached hydrogens (tertiary/aromatic N) is 1. The van der Waals surface area contributed by atoms with Crippen LogP contribution in [0.25, 0.3) is 0 Å². The quantitative estimate of drug-likeness (QED) is 0.215. The van der Waals surface area contributed by atoms with Crippen LogP contribution in [0, 0.1) is 0 Å². The molecule has 0 fully saturated rings. The van der Waals surface area contributed by atoms with Gasteiger partial charge in [-0.05, 0) is 116 Å². The summed E-state index contributed by atoms with van der Waals surface area (Å²) in [6, 6.07) is 20.2. The summed E-state index contributed by atoms with van der Waals surface area (Å²) in [4.78, 5) is 2.58. The van der Waals surface area contributed by atoms with E-state index in [1.165, 1.54) is 34.3 Å². The first-order chi connectivity index (χ1) is 18.3. The van der Waals surface area contributed by atoms with Gasteiger partial charge in [-0.2, -0.15) is 0 Å². The van der Waals surface area contributed by atoms with Gasteiger partial charge in [0.15, 0.2) is 0 Å². The zero-order chi connectivity index (χ0) is 27.8. The van der Waals surface area contributed by atoms with Crippen molar-refractivity contribution in [3.63, 3.8) is 0 Å². The summed E-state index contributed by atoms with van der Waals surface area (Å²) < 4.78 is 6.10. The van der Waals surface area contributed by atoms with Gasteiger partial charge in [0.25, 0.3) is 0 Å². The average molecular weight is 517 g/mol. The van der Waals surface area contributed by atoms with Crippen molar-refractivity contribution in [1.82, 2.24) is 4.90 Å². The third-order valence-corrected chi connectivity index (χ3v) is 6.99. The van der Waals surface area contributed by atoms with Gasteiger partial charge >= 0.3 is 0 Å². The first-order valence-corrected chi connectivity index (χ1v) is 14.5. The molecule has 0 radical (unpaired) electrons. The normalized spacial score (nSPS) is 13.2. The molecule has 0 saturated carbocycles. The van der Waals surface area contributed by atoms with Gasteiger partial charge in [0, 0.05) is 18.5 Å². The van der Waals surface area contributed by atoms with Gasteiger partial charge in [-0.15, -0.1) is 0 Å². The van der Waals surface area contributed by atoms with Gasteiger partial charge in [0.1, 0.15) is 5.75 Å². The highest BCUT2D eigenvalue weighted by atomic mass is 16.5. The minimum absolute atomic E-state index is 0.584. The minimum Gasteiger partial charge on any atom is -0.493 e. The summed E-state index contributed by atoms with van der Waals surface area (Å²) in [6.45, 7) is 16.2. The highest BCUT2D eigenvalue weighted by Crippen LogP contribution is 2.18. The molecule has 0 bridgehead atoms. The molecule has 0 atom stereocenters. The maximum absolute atomic E-state index is 6.10. The predicted octanol–water partition coefficient (Wildman–Crippen LogP) is 8.31. The summed E-state index contributed by atoms with van der Waals surface area (Å²) >= 11 is 0. The molecule has 0 unspecified atom stereocenters. The average Bonchev–Trinajstić information content (AvgIpc) is 2.89. The van der Waals surface area contributed by atoms with Crippen molar-refractivity contribution < 1.29 is 4.74 Å². The molecule has 208 valence electrons. The number of aryl methyl sites for hydroxylation is 1. The second-order valence-electron chi connectivity index (χ2n) is 11.0. The van der Waals surface area contributed by atoms with Crippen LogP contribution in [0.3, 0.4) is 0 Å². The molecule has 0 aliphatic carbocycles. The number of hydrogen-bond acceptors (Lipinski definition) is 3. The summed E-state index contributed by atoms with van der Waals surface area (Å²) in [5.41, 5.74) is 12.5. The Balaban J connectivity index is 2.02. The molecular weight excluding hydrogens is 464 g/mol. The summed E-state index contributed by atoms with van der Waals surface area (Å²) in [5.74, 6) is 0.919. The lowest BCUT2D eigenvalue weighted by Crippen LogP contribution is -2.37. The fraction of sp³-hybridized carbons (Fsp3) is 0.486. The first kappa shape index (κ1) is 31.6. The summed E-state index contributed by atoms with van der Waals surface area (Å²) in [5, 5.41) is 0. The van der Waals surface area contributed by atoms with E-state index < -0.39 is 0 Å². The molecular formula is C35H52N2O. The molecule has 38 heavy (non-hydrogen) atoms. The van der Waals surface area contributed by atoms with Crippen LogP contribution >= 0.6 is 0 Å². The molecule has 3 heteroatoms. The van der Waals surface area contributed by atoms with Crippen LogP contribution in [0.2, 0.25) is 0 Å². The van der Waals surface area contributed by atoms with E-state index in [1.807, 2.05) is 0 Å². The Morgan fingerprint density at radius 1 is 0.789 bits per heavy atom. The van der Waals surface area contributed by atoms with Crippen LogP contribution in [-0.2, 0) is 12.8 Å². The number of allylic oxidation sites excluding steroid dienone is 5. The zero-order valence-corrected chi connectivity index (χ0v) is 24.9. The summed E-state index contributed by atoms with van der Waals surface area (Å²) in [7, 11) is 0. The molecule has 2 rings (SSSR count). The smallest absolute Gasteiger partial charge is 0.119 e. The van der Waals surface area contributed by atoms with E-state index >= 15 is 0 Å². The van der Waals surface area contributed by atoms with E-state index in [0.29, 0.717) is 25.2 Å². The van der Waals surface area contributed by atoms with Crippen molar-refractivity contribution in [2.75, 3.05) is 19.7 Å². The van der Waals surface area contributed by atoms with E-state index in [-0.39, 0.29) is 0 Å². The Morgan fingerprint density at radius 2 is 1.45 bits per heavy atom. The van der Waals surface area contributed by atoms with E-state index in [2.05, 4.69) is 119 Å². The minimum atomic E-state index is 0.584. The molecule has 3 nitrogen and oxygen atoms in total. The van der Waals surface area contributed by atoms with Crippen LogP contribution in [-0.4, -0.2) is 36.7 Å². The van der Waals surface area contributed by atoms with Crippen LogP contribution < -0.4 is 10.5 Å². The number of rotatable bonds is 17. The molecule has 0 amide bonds. The topological polar surface area (TPSA) is 38.5 Å². The highest BCUT2D eigenvalue weighted by molar-refractivity contribution is 5.30. The van der Waals surface area contributed by atoms with E-state index in [4.69, 9.17) is 10.5 Å². The molecule has 0 heterocycles. The molecule has 0 spiro atoms. The molecule has 2 aromatic rings. The van der Waals surface area contributed by atoms with Crippen molar-refractivity contribution in [2.24, 2.45) is 5.73 Å². The lowest BCUT2D eigenvalue weighted by molar-refractivity contribution is 0.173. The fourth-order valence-corrected chi connectivity index (χ4v) is 4.77. The molecule has 0 aliphatic heterocycles. The second-order valence-corrected chi connectivity index (χ2v) is 11.0. The van der Waals surface area contributed by atoms with Crippen LogP contribution in [0.15, 0.2) is 89.5 Å². The van der Waals surface area contributed by atoms with Crippen molar-refractivity contribution in [3.05, 3.63) is 101 Å². The van der Waals surface area contributed by atoms with E-state index in [1.54, 1.807) is 0 Å². The van der Waals surface area contributed by atoms with Crippen molar-refractivity contribution >= 4 is 0 Å². The van der Waals surface area contributed by atoms with Crippen molar-refractivity contribution in [3.8, 4) is 5.75 Å². The standard InChI is InChI=1S/C35H52N2O/c1-28(2)37(29(3)4)25-10-11-31(6)27-34(17-15-30(5)14-16-32-12-8-7-9-13-32)23-26-38-35-20-18-33(19-21-35)22-24-36/h7-9,12-13,15,17-21,27-29H,10-11,14,16,22-26,36H2,1-6H3/b30-15+,31-27+,34-17-. The third-order valence-electron chi connectivity index (χ3n) is 6.99. The van der Waals surface area contributed by atoms with Gasteiger partial charge in [0.05, 0.1) is 6.61 Å². The van der Waals surface area contributed by atoms with Gasteiger partial charge < -0.3 is 10.5 Å². The molecule has 0 aliphatic rings. The Bertz CT molecular complexity index is 992. The number of ether oxygens (including phenoxy) is 1. The molecule has 0 saturated heterocycles. The van der Waals surface area contributed by atoms with Crippen molar-refractivity contribution in [1.29, 1.82) is 0 Å². The Labute approximate surface area is 233 Å². The molecule has 2 N–H and O–H groups in total. The Hall–Kier alpha value is -2.62. The maximum Gasteiger partial charge on any atom is 0.119 e. The largest absolute Gasteiger partial charge is 0.493 e. The zero-order valence-electron chi connectivity index (χ0n) is 24.9. The van der Waals surface area contributed by atoms with Crippen LogP contribution in [0.1, 0.15) is 78.4 Å². The molecule has 2 aromatic carbocycles. The van der Waals surface area contributed by atoms with Gasteiger partial charge in [0.2, 0.25) is 0 Å². The number of nitrogens with two attached hydrogens (primary N) is 1. The third kappa shape index (κ3) is 12.8. The lowest BCUT2D eigenvalue weighted by atomic mass is 10.0. The van der Waals surface area contributed by atoms with Crippen molar-refractivity contribution in [2.45, 2.75) is 92.2 Å². The second kappa shape index (κ2) is 17.8. The monoisotopic (exact) mass is 516 g/mol. The number of benzene rings is 2. The maximum atomic E-state index is 6.10. The van der Waals surface area contributed by atoms with Gasteiger partial charge in [-0.1, -0.05) is 71.8 Å². The Kier molecular flexibility index (Phi) is 14.8. The van der Waals surface area contributed by atoms with Gasteiger partial charge in [-0.3, -0.25) is 4.90 Å². The van der Waals surface area contributed by atoms with Crippen LogP contribution in [0.5, 0.6) is 5.75 Å². The van der Waals surface area contributed by atoms with E-state index in [9.17, 15) is 0 Å². The predicted molar refractivity (Wildman–Crippen MR) is 166 cm³/mol. The Morgan fingerprint density at radius 3 is 2.08 bits per heavy atom. The number of hydrogen-bond donors (Lipinski definition) is 1. The lowest BCUT2D eigenvalue weighted by Gasteiger charge is -2.30. The highest BCUT2D eigenvalue weighted by Gasteiger charge is 2.12. The van der Waals surface area contributed by atoms with Crippen LogP contribution in [0.4, 0.5) is 0 Å².